The highest BCUT2D eigenvalue weighted by molar-refractivity contribution is 7.22. The molecule has 0 aliphatic carbocycles. The molecule has 10 heteroatoms. The van der Waals surface area contributed by atoms with E-state index in [9.17, 15) is 14.4 Å². The number of carbonyl (C=O) groups excluding carboxylic acids is 2. The topological polar surface area (TPSA) is 123 Å². The number of para-hydroxylation sites is 1. The number of amides is 2. The number of carbonyl (C=O) groups is 2. The van der Waals surface area contributed by atoms with Crippen LogP contribution in [0, 0.1) is 0 Å². The monoisotopic (exact) mass is 494 g/mol. The van der Waals surface area contributed by atoms with E-state index in [0.717, 1.165) is 34.3 Å². The molecule has 0 saturated carbocycles. The second kappa shape index (κ2) is 11.1. The molecule has 2 aromatic carbocycles. The van der Waals surface area contributed by atoms with E-state index in [1.165, 1.54) is 11.3 Å². The van der Waals surface area contributed by atoms with Gasteiger partial charge in [0, 0.05) is 24.5 Å². The van der Waals surface area contributed by atoms with Gasteiger partial charge in [0.05, 0.1) is 22.3 Å². The Labute approximate surface area is 205 Å². The quantitative estimate of drug-likeness (QED) is 0.171. The average molecular weight is 495 g/mol. The number of hydroxylamine groups is 1. The van der Waals surface area contributed by atoms with Crippen molar-refractivity contribution >= 4 is 49.4 Å². The van der Waals surface area contributed by atoms with E-state index in [4.69, 9.17) is 9.94 Å². The first-order chi connectivity index (χ1) is 17.0. The average Bonchev–Trinajstić information content (AvgIpc) is 3.26. The number of fused-ring (bicyclic) bond motifs is 2. The molecule has 0 fully saturated rings. The van der Waals surface area contributed by atoms with Crippen LogP contribution in [-0.4, -0.2) is 33.2 Å². The second-order valence-electron chi connectivity index (χ2n) is 7.96. The SMILES string of the molecule is CCOc1ccc2nc(NC(=O)c3cn(CCCCCC(=O)NO)c4ccccc4c3=O)sc2c1. The van der Waals surface area contributed by atoms with E-state index >= 15 is 0 Å². The van der Waals surface area contributed by atoms with E-state index < -0.39 is 11.8 Å². The number of aromatic nitrogens is 2. The van der Waals surface area contributed by atoms with Gasteiger partial charge < -0.3 is 9.30 Å². The molecule has 4 rings (SSSR count). The lowest BCUT2D eigenvalue weighted by molar-refractivity contribution is -0.129. The first-order valence-corrected chi connectivity index (χ1v) is 12.2. The summed E-state index contributed by atoms with van der Waals surface area (Å²) in [6, 6.07) is 12.7. The predicted molar refractivity (Wildman–Crippen MR) is 135 cm³/mol. The Morgan fingerprint density at radius 1 is 1.14 bits per heavy atom. The molecule has 0 saturated heterocycles. The minimum Gasteiger partial charge on any atom is -0.494 e. The highest BCUT2D eigenvalue weighted by atomic mass is 32.1. The zero-order valence-electron chi connectivity index (χ0n) is 19.2. The van der Waals surface area contributed by atoms with Gasteiger partial charge in [-0.2, -0.15) is 0 Å². The number of anilines is 1. The summed E-state index contributed by atoms with van der Waals surface area (Å²) in [5, 5.41) is 12.2. The Morgan fingerprint density at radius 2 is 1.97 bits per heavy atom. The first-order valence-electron chi connectivity index (χ1n) is 11.4. The van der Waals surface area contributed by atoms with Crippen molar-refractivity contribution in [3.63, 3.8) is 0 Å². The number of aryl methyl sites for hydroxylation is 1. The summed E-state index contributed by atoms with van der Waals surface area (Å²) in [6.07, 6.45) is 3.95. The zero-order valence-corrected chi connectivity index (χ0v) is 20.1. The molecular formula is C25H26N4O5S. The third-order valence-electron chi connectivity index (χ3n) is 5.55. The number of nitrogens with one attached hydrogen (secondary N) is 2. The van der Waals surface area contributed by atoms with Crippen LogP contribution in [-0.2, 0) is 11.3 Å². The van der Waals surface area contributed by atoms with Crippen LogP contribution in [0.2, 0.25) is 0 Å². The molecule has 0 atom stereocenters. The van der Waals surface area contributed by atoms with Crippen LogP contribution < -0.4 is 21.0 Å². The molecular weight excluding hydrogens is 468 g/mol. The summed E-state index contributed by atoms with van der Waals surface area (Å²) in [5.74, 6) is -0.198. The smallest absolute Gasteiger partial charge is 0.262 e. The van der Waals surface area contributed by atoms with E-state index in [1.807, 2.05) is 41.8 Å². The van der Waals surface area contributed by atoms with Gasteiger partial charge in [0.25, 0.3) is 5.91 Å². The van der Waals surface area contributed by atoms with Gasteiger partial charge in [-0.1, -0.05) is 29.9 Å². The summed E-state index contributed by atoms with van der Waals surface area (Å²) in [5.41, 5.74) is 2.80. The maximum absolute atomic E-state index is 13.1. The molecule has 0 spiro atoms. The summed E-state index contributed by atoms with van der Waals surface area (Å²) in [6.45, 7) is 3.04. The number of ether oxygens (including phenoxy) is 1. The van der Waals surface area contributed by atoms with Crippen molar-refractivity contribution < 1.29 is 19.5 Å². The van der Waals surface area contributed by atoms with E-state index in [1.54, 1.807) is 23.8 Å². The molecule has 0 aliphatic rings. The predicted octanol–water partition coefficient (Wildman–Crippen LogP) is 4.33. The minimum atomic E-state index is -0.516. The molecule has 2 aromatic heterocycles. The van der Waals surface area contributed by atoms with Gasteiger partial charge in [-0.3, -0.25) is 24.9 Å². The third-order valence-corrected chi connectivity index (χ3v) is 6.48. The van der Waals surface area contributed by atoms with Crippen molar-refractivity contribution in [2.24, 2.45) is 0 Å². The van der Waals surface area contributed by atoms with Crippen molar-refractivity contribution in [1.29, 1.82) is 0 Å². The number of pyridine rings is 1. The highest BCUT2D eigenvalue weighted by Gasteiger charge is 2.17. The van der Waals surface area contributed by atoms with Gasteiger partial charge in [0.2, 0.25) is 11.3 Å². The summed E-state index contributed by atoms with van der Waals surface area (Å²) < 4.78 is 8.29. The molecule has 0 bridgehead atoms. The maximum atomic E-state index is 13.1. The van der Waals surface area contributed by atoms with E-state index in [0.29, 0.717) is 30.1 Å². The lowest BCUT2D eigenvalue weighted by Gasteiger charge is -2.13. The molecule has 2 amide bonds. The molecule has 3 N–H and O–H groups in total. The van der Waals surface area contributed by atoms with Crippen molar-refractivity contribution in [3.05, 3.63) is 64.4 Å². The molecule has 0 radical (unpaired) electrons. The van der Waals surface area contributed by atoms with Gasteiger partial charge in [-0.15, -0.1) is 0 Å². The second-order valence-corrected chi connectivity index (χ2v) is 8.99. The fourth-order valence-corrected chi connectivity index (χ4v) is 4.76. The molecule has 182 valence electrons. The van der Waals surface area contributed by atoms with Crippen LogP contribution in [0.5, 0.6) is 5.75 Å². The van der Waals surface area contributed by atoms with Crippen LogP contribution in [0.1, 0.15) is 43.0 Å². The lowest BCUT2D eigenvalue weighted by atomic mass is 10.1. The summed E-state index contributed by atoms with van der Waals surface area (Å²) >= 11 is 1.32. The largest absolute Gasteiger partial charge is 0.494 e. The molecule has 0 unspecified atom stereocenters. The van der Waals surface area contributed by atoms with Crippen LogP contribution >= 0.6 is 11.3 Å². The maximum Gasteiger partial charge on any atom is 0.262 e. The zero-order chi connectivity index (χ0) is 24.8. The molecule has 9 nitrogen and oxygen atoms in total. The Hall–Kier alpha value is -3.76. The Bertz CT molecular complexity index is 1430. The fourth-order valence-electron chi connectivity index (χ4n) is 3.87. The number of thiazole rings is 1. The van der Waals surface area contributed by atoms with Crippen molar-refractivity contribution in [2.45, 2.75) is 39.2 Å². The molecule has 2 heterocycles. The Balaban J connectivity index is 1.55. The Morgan fingerprint density at radius 3 is 2.77 bits per heavy atom. The number of rotatable bonds is 10. The van der Waals surface area contributed by atoms with Gasteiger partial charge in [-0.05, 0) is 50.1 Å². The number of hydrogen-bond donors (Lipinski definition) is 3. The van der Waals surface area contributed by atoms with E-state index in [2.05, 4.69) is 10.3 Å². The third kappa shape index (κ3) is 5.67. The van der Waals surface area contributed by atoms with Crippen LogP contribution in [0.3, 0.4) is 0 Å². The van der Waals surface area contributed by atoms with Gasteiger partial charge in [-0.25, -0.2) is 10.5 Å². The number of unbranched alkanes of at least 4 members (excludes halogenated alkanes) is 2. The molecule has 4 aromatic rings. The summed E-state index contributed by atoms with van der Waals surface area (Å²) in [4.78, 5) is 41.9. The lowest BCUT2D eigenvalue weighted by Crippen LogP contribution is -2.24. The standard InChI is InChI=1S/C25H26N4O5S/c1-2-34-16-11-12-19-21(14-16)35-25(26-19)27-24(32)18-15-29(13-7-3-4-10-22(30)28-33)20-9-6-5-8-17(20)23(18)31/h5-6,8-9,11-12,14-15,33H,2-4,7,10,13H2,1H3,(H,28,30)(H,26,27,32). The van der Waals surface area contributed by atoms with E-state index in [-0.39, 0.29) is 17.4 Å². The first kappa shape index (κ1) is 24.4. The van der Waals surface area contributed by atoms with Crippen LogP contribution in [0.15, 0.2) is 53.5 Å². The highest BCUT2D eigenvalue weighted by Crippen LogP contribution is 2.29. The van der Waals surface area contributed by atoms with Crippen molar-refractivity contribution in [3.8, 4) is 5.75 Å². The Kier molecular flexibility index (Phi) is 7.74. The number of nitrogens with zero attached hydrogens (tertiary/aromatic N) is 2. The van der Waals surface area contributed by atoms with Gasteiger partial charge in [0.1, 0.15) is 11.3 Å². The van der Waals surface area contributed by atoms with Gasteiger partial charge in [0.15, 0.2) is 5.13 Å². The number of benzene rings is 2. The molecule has 35 heavy (non-hydrogen) atoms. The van der Waals surface area contributed by atoms with Crippen molar-refractivity contribution in [2.75, 3.05) is 11.9 Å². The van der Waals surface area contributed by atoms with Crippen LogP contribution in [0.25, 0.3) is 21.1 Å². The van der Waals surface area contributed by atoms with Gasteiger partial charge >= 0.3 is 0 Å². The van der Waals surface area contributed by atoms with Crippen LogP contribution in [0.4, 0.5) is 5.13 Å². The fraction of sp³-hybridized carbons (Fsp3) is 0.280. The minimum absolute atomic E-state index is 0.0395. The summed E-state index contributed by atoms with van der Waals surface area (Å²) in [7, 11) is 0. The van der Waals surface area contributed by atoms with Crippen molar-refractivity contribution in [1.82, 2.24) is 15.0 Å². The molecule has 0 aliphatic heterocycles. The normalized spacial score (nSPS) is 11.0. The number of hydrogen-bond acceptors (Lipinski definition) is 7.